The van der Waals surface area contributed by atoms with Crippen molar-refractivity contribution >= 4 is 34.8 Å². The first kappa shape index (κ1) is 15.8. The predicted molar refractivity (Wildman–Crippen MR) is 87.9 cm³/mol. The van der Waals surface area contributed by atoms with E-state index in [2.05, 4.69) is 5.32 Å². The highest BCUT2D eigenvalue weighted by atomic mass is 35.5. The lowest BCUT2D eigenvalue weighted by atomic mass is 10.1. The lowest BCUT2D eigenvalue weighted by molar-refractivity contribution is -0.117. The number of hydrogen-bond donors (Lipinski definition) is 2. The van der Waals surface area contributed by atoms with E-state index in [9.17, 15) is 4.79 Å². The fourth-order valence-corrected chi connectivity index (χ4v) is 2.31. The second-order valence-electron chi connectivity index (χ2n) is 4.96. The van der Waals surface area contributed by atoms with Gasteiger partial charge in [-0.15, -0.1) is 0 Å². The van der Waals surface area contributed by atoms with Crippen LogP contribution in [0.15, 0.2) is 36.4 Å². The molecule has 0 radical (unpaired) electrons. The largest absolute Gasteiger partial charge is 0.323 e. The Kier molecular flexibility index (Phi) is 4.88. The summed E-state index contributed by atoms with van der Waals surface area (Å²) in [5.41, 5.74) is 9.13. The van der Waals surface area contributed by atoms with Gasteiger partial charge in [0.05, 0.1) is 10.7 Å². The number of carbonyl (C=O) groups excluding carboxylic acids is 1. The first-order valence-electron chi connectivity index (χ1n) is 6.47. The van der Waals surface area contributed by atoms with Gasteiger partial charge in [-0.05, 0) is 37.1 Å². The van der Waals surface area contributed by atoms with Crippen LogP contribution in [0.5, 0.6) is 0 Å². The third kappa shape index (κ3) is 3.76. The molecule has 0 aliphatic heterocycles. The summed E-state index contributed by atoms with van der Waals surface area (Å²) in [5, 5.41) is 3.68. The summed E-state index contributed by atoms with van der Waals surface area (Å²) in [6.07, 6.45) is 0. The number of hydrogen-bond acceptors (Lipinski definition) is 2. The molecule has 0 aliphatic carbocycles. The quantitative estimate of drug-likeness (QED) is 0.887. The fraction of sp³-hybridized carbons (Fsp3) is 0.188. The molecule has 0 heterocycles. The van der Waals surface area contributed by atoms with Gasteiger partial charge in [0.15, 0.2) is 0 Å². The maximum absolute atomic E-state index is 12.2. The molecule has 0 fully saturated rings. The van der Waals surface area contributed by atoms with Gasteiger partial charge in [-0.25, -0.2) is 0 Å². The third-order valence-corrected chi connectivity index (χ3v) is 3.95. The SMILES string of the molecule is Cc1ccc(C(N)C(=O)Nc2cc(Cl)c(C)cc2Cl)cc1. The summed E-state index contributed by atoms with van der Waals surface area (Å²) in [6, 6.07) is 10.1. The van der Waals surface area contributed by atoms with Gasteiger partial charge in [0.1, 0.15) is 6.04 Å². The minimum atomic E-state index is -0.762. The number of rotatable bonds is 3. The van der Waals surface area contributed by atoms with Crippen molar-refractivity contribution in [2.24, 2.45) is 5.73 Å². The Bertz CT molecular complexity index is 669. The van der Waals surface area contributed by atoms with Crippen molar-refractivity contribution in [2.45, 2.75) is 19.9 Å². The molecule has 5 heteroatoms. The van der Waals surface area contributed by atoms with Crippen molar-refractivity contribution in [2.75, 3.05) is 5.32 Å². The monoisotopic (exact) mass is 322 g/mol. The number of aryl methyl sites for hydroxylation is 2. The van der Waals surface area contributed by atoms with E-state index in [-0.39, 0.29) is 5.91 Å². The molecule has 2 aromatic carbocycles. The molecular formula is C16H16Cl2N2O. The van der Waals surface area contributed by atoms with E-state index in [1.54, 1.807) is 12.1 Å². The molecule has 0 aromatic heterocycles. The molecule has 110 valence electrons. The van der Waals surface area contributed by atoms with Crippen molar-refractivity contribution in [1.82, 2.24) is 0 Å². The minimum absolute atomic E-state index is 0.333. The van der Waals surface area contributed by atoms with Crippen molar-refractivity contribution in [3.63, 3.8) is 0 Å². The van der Waals surface area contributed by atoms with Crippen LogP contribution in [-0.4, -0.2) is 5.91 Å². The number of benzene rings is 2. The molecule has 1 atom stereocenters. The van der Waals surface area contributed by atoms with Gasteiger partial charge in [-0.3, -0.25) is 4.79 Å². The normalized spacial score (nSPS) is 12.0. The van der Waals surface area contributed by atoms with Crippen LogP contribution in [0.4, 0.5) is 5.69 Å². The molecule has 21 heavy (non-hydrogen) atoms. The van der Waals surface area contributed by atoms with Crippen LogP contribution in [0.3, 0.4) is 0 Å². The van der Waals surface area contributed by atoms with Crippen LogP contribution in [0, 0.1) is 13.8 Å². The van der Waals surface area contributed by atoms with Gasteiger partial charge in [0.25, 0.3) is 0 Å². The highest BCUT2D eigenvalue weighted by Crippen LogP contribution is 2.29. The van der Waals surface area contributed by atoms with Gasteiger partial charge in [-0.1, -0.05) is 53.0 Å². The van der Waals surface area contributed by atoms with E-state index in [0.29, 0.717) is 15.7 Å². The molecule has 0 saturated carbocycles. The zero-order valence-electron chi connectivity index (χ0n) is 11.8. The molecule has 2 aromatic rings. The lowest BCUT2D eigenvalue weighted by Crippen LogP contribution is -2.27. The van der Waals surface area contributed by atoms with Gasteiger partial charge in [0, 0.05) is 5.02 Å². The first-order valence-corrected chi connectivity index (χ1v) is 7.22. The van der Waals surface area contributed by atoms with E-state index in [1.165, 1.54) is 0 Å². The maximum Gasteiger partial charge on any atom is 0.245 e. The molecule has 0 spiro atoms. The van der Waals surface area contributed by atoms with E-state index >= 15 is 0 Å². The van der Waals surface area contributed by atoms with Crippen LogP contribution >= 0.6 is 23.2 Å². The zero-order valence-corrected chi connectivity index (χ0v) is 13.3. The summed E-state index contributed by atoms with van der Waals surface area (Å²) >= 11 is 12.1. The standard InChI is InChI=1S/C16H16Cl2N2O/c1-9-3-5-11(6-4-9)15(19)16(21)20-14-8-12(17)10(2)7-13(14)18/h3-8,15H,19H2,1-2H3,(H,20,21). The predicted octanol–water partition coefficient (Wildman–Crippen LogP) is 4.25. The second kappa shape index (κ2) is 6.48. The number of carbonyl (C=O) groups is 1. The fourth-order valence-electron chi connectivity index (χ4n) is 1.88. The molecule has 3 nitrogen and oxygen atoms in total. The number of halogens is 2. The topological polar surface area (TPSA) is 55.1 Å². The molecular weight excluding hydrogens is 307 g/mol. The van der Waals surface area contributed by atoms with Gasteiger partial charge in [0.2, 0.25) is 5.91 Å². The second-order valence-corrected chi connectivity index (χ2v) is 5.77. The van der Waals surface area contributed by atoms with Crippen LogP contribution in [0.25, 0.3) is 0 Å². The Balaban J connectivity index is 2.18. The smallest absolute Gasteiger partial charge is 0.245 e. The Morgan fingerprint density at radius 3 is 2.33 bits per heavy atom. The summed E-state index contributed by atoms with van der Waals surface area (Å²) in [4.78, 5) is 12.2. The highest BCUT2D eigenvalue weighted by Gasteiger charge is 2.17. The summed E-state index contributed by atoms with van der Waals surface area (Å²) in [6.45, 7) is 3.82. The molecule has 0 saturated heterocycles. The molecule has 0 aliphatic rings. The average Bonchev–Trinajstić information content (AvgIpc) is 2.44. The Morgan fingerprint density at radius 2 is 1.71 bits per heavy atom. The highest BCUT2D eigenvalue weighted by molar-refractivity contribution is 6.36. The van der Waals surface area contributed by atoms with E-state index in [4.69, 9.17) is 28.9 Å². The maximum atomic E-state index is 12.2. The Hall–Kier alpha value is -1.55. The van der Waals surface area contributed by atoms with E-state index < -0.39 is 6.04 Å². The van der Waals surface area contributed by atoms with Crippen molar-refractivity contribution < 1.29 is 4.79 Å². The molecule has 2 rings (SSSR count). The van der Waals surface area contributed by atoms with Crippen molar-refractivity contribution in [3.05, 3.63) is 63.1 Å². The first-order chi connectivity index (χ1) is 9.88. The summed E-state index contributed by atoms with van der Waals surface area (Å²) < 4.78 is 0. The van der Waals surface area contributed by atoms with E-state index in [1.807, 2.05) is 38.1 Å². The van der Waals surface area contributed by atoms with Gasteiger partial charge in [-0.2, -0.15) is 0 Å². The number of anilines is 1. The van der Waals surface area contributed by atoms with Crippen LogP contribution in [-0.2, 0) is 4.79 Å². The van der Waals surface area contributed by atoms with Crippen LogP contribution < -0.4 is 11.1 Å². The molecule has 1 amide bonds. The number of nitrogens with one attached hydrogen (secondary N) is 1. The summed E-state index contributed by atoms with van der Waals surface area (Å²) in [7, 11) is 0. The van der Waals surface area contributed by atoms with Gasteiger partial charge >= 0.3 is 0 Å². The van der Waals surface area contributed by atoms with Crippen molar-refractivity contribution in [1.29, 1.82) is 0 Å². The Labute approximate surface area is 134 Å². The molecule has 1 unspecified atom stereocenters. The molecule has 0 bridgehead atoms. The zero-order chi connectivity index (χ0) is 15.6. The van der Waals surface area contributed by atoms with E-state index in [0.717, 1.165) is 16.7 Å². The third-order valence-electron chi connectivity index (χ3n) is 3.23. The lowest BCUT2D eigenvalue weighted by Gasteiger charge is -2.14. The number of nitrogens with two attached hydrogens (primary N) is 1. The van der Waals surface area contributed by atoms with Crippen LogP contribution in [0.2, 0.25) is 10.0 Å². The van der Waals surface area contributed by atoms with Crippen molar-refractivity contribution in [3.8, 4) is 0 Å². The van der Waals surface area contributed by atoms with Crippen LogP contribution in [0.1, 0.15) is 22.7 Å². The number of amides is 1. The summed E-state index contributed by atoms with van der Waals surface area (Å²) in [5.74, 6) is -0.333. The minimum Gasteiger partial charge on any atom is -0.323 e. The average molecular weight is 323 g/mol. The Morgan fingerprint density at radius 1 is 1.10 bits per heavy atom. The van der Waals surface area contributed by atoms with Gasteiger partial charge < -0.3 is 11.1 Å². The molecule has 3 N–H and O–H groups in total.